The van der Waals surface area contributed by atoms with Crippen molar-refractivity contribution in [1.82, 2.24) is 4.90 Å². The number of fused-ring (bicyclic) bond motifs is 1. The summed E-state index contributed by atoms with van der Waals surface area (Å²) in [5, 5.41) is 13.0. The van der Waals surface area contributed by atoms with E-state index in [1.165, 1.54) is 11.3 Å². The molecule has 0 unspecified atom stereocenters. The minimum absolute atomic E-state index is 0.159. The van der Waals surface area contributed by atoms with Crippen molar-refractivity contribution in [2.24, 2.45) is 0 Å². The van der Waals surface area contributed by atoms with Crippen molar-refractivity contribution >= 4 is 28.3 Å². The van der Waals surface area contributed by atoms with E-state index in [4.69, 9.17) is 9.47 Å². The van der Waals surface area contributed by atoms with Gasteiger partial charge in [0.05, 0.1) is 25.8 Å². The number of benzene rings is 1. The van der Waals surface area contributed by atoms with Gasteiger partial charge in [0.1, 0.15) is 16.8 Å². The molecule has 1 aliphatic rings. The van der Waals surface area contributed by atoms with Gasteiger partial charge in [-0.3, -0.25) is 4.79 Å². The largest absolute Gasteiger partial charge is 0.496 e. The van der Waals surface area contributed by atoms with Crippen LogP contribution in [0, 0.1) is 11.3 Å². The Bertz CT molecular complexity index is 948. The van der Waals surface area contributed by atoms with E-state index in [2.05, 4.69) is 11.4 Å². The number of carbonyl (C=O) groups is 2. The highest BCUT2D eigenvalue weighted by Gasteiger charge is 2.28. The van der Waals surface area contributed by atoms with E-state index >= 15 is 0 Å². The lowest BCUT2D eigenvalue weighted by Crippen LogP contribution is -2.35. The average molecular weight is 413 g/mol. The van der Waals surface area contributed by atoms with Gasteiger partial charge in [0.25, 0.3) is 0 Å². The third kappa shape index (κ3) is 4.69. The predicted molar refractivity (Wildman–Crippen MR) is 110 cm³/mol. The summed E-state index contributed by atoms with van der Waals surface area (Å²) in [6, 6.07) is 9.80. The molecule has 1 aromatic heterocycles. The van der Waals surface area contributed by atoms with E-state index in [1.54, 1.807) is 18.9 Å². The summed E-state index contributed by atoms with van der Waals surface area (Å²) in [6.07, 6.45) is 1.04. The van der Waals surface area contributed by atoms with Gasteiger partial charge < -0.3 is 19.7 Å². The molecule has 1 aliphatic heterocycles. The van der Waals surface area contributed by atoms with Crippen LogP contribution in [0.2, 0.25) is 0 Å². The minimum Gasteiger partial charge on any atom is -0.496 e. The molecule has 0 atom stereocenters. The molecular formula is C21H23N3O4S. The third-order valence-electron chi connectivity index (χ3n) is 4.76. The van der Waals surface area contributed by atoms with E-state index < -0.39 is 0 Å². The fourth-order valence-electron chi connectivity index (χ4n) is 3.33. The van der Waals surface area contributed by atoms with Crippen molar-refractivity contribution in [3.05, 3.63) is 45.8 Å². The summed E-state index contributed by atoms with van der Waals surface area (Å²) >= 11 is 1.35. The smallest absolute Gasteiger partial charge is 0.410 e. The molecule has 2 aromatic rings. The molecule has 0 spiro atoms. The van der Waals surface area contributed by atoms with Gasteiger partial charge in [-0.25, -0.2) is 4.79 Å². The monoisotopic (exact) mass is 413 g/mol. The molecule has 152 valence electrons. The van der Waals surface area contributed by atoms with E-state index in [9.17, 15) is 14.9 Å². The van der Waals surface area contributed by atoms with E-state index in [-0.39, 0.29) is 18.4 Å². The second-order valence-electron chi connectivity index (χ2n) is 6.55. The molecule has 0 radical (unpaired) electrons. The van der Waals surface area contributed by atoms with Crippen molar-refractivity contribution in [2.45, 2.75) is 32.7 Å². The zero-order valence-corrected chi connectivity index (χ0v) is 17.3. The molecule has 0 fully saturated rings. The second-order valence-corrected chi connectivity index (χ2v) is 7.66. The van der Waals surface area contributed by atoms with E-state index in [1.807, 2.05) is 24.3 Å². The number of ether oxygens (including phenoxy) is 2. The number of carbonyl (C=O) groups excluding carboxylic acids is 2. The number of nitriles is 1. The van der Waals surface area contributed by atoms with Gasteiger partial charge in [0.2, 0.25) is 5.91 Å². The Morgan fingerprint density at radius 2 is 2.14 bits per heavy atom. The number of thiophene rings is 1. The maximum Gasteiger partial charge on any atom is 0.410 e. The summed E-state index contributed by atoms with van der Waals surface area (Å²) in [5.74, 6) is 0.594. The average Bonchev–Trinajstić information content (AvgIpc) is 3.08. The number of anilines is 1. The lowest BCUT2D eigenvalue weighted by Gasteiger charge is -2.25. The molecule has 2 heterocycles. The minimum atomic E-state index is -0.354. The van der Waals surface area contributed by atoms with Crippen molar-refractivity contribution in [2.75, 3.05) is 25.6 Å². The Hall–Kier alpha value is -3.05. The van der Waals surface area contributed by atoms with Crippen LogP contribution in [0.4, 0.5) is 9.80 Å². The van der Waals surface area contributed by atoms with Crippen LogP contribution >= 0.6 is 11.3 Å². The first-order chi connectivity index (χ1) is 14.1. The highest BCUT2D eigenvalue weighted by atomic mass is 32.1. The lowest BCUT2D eigenvalue weighted by molar-refractivity contribution is -0.116. The molecule has 0 saturated carbocycles. The molecule has 8 heteroatoms. The molecular weight excluding hydrogens is 390 g/mol. The standard InChI is InChI=1S/C21H23N3O4S/c1-3-28-21(26)24-11-10-15-16(12-22)20(29-18(15)13-24)23-19(25)9-8-14-6-4-5-7-17(14)27-2/h4-7H,3,8-11,13H2,1-2H3,(H,23,25). The Balaban J connectivity index is 1.68. The summed E-state index contributed by atoms with van der Waals surface area (Å²) < 4.78 is 10.4. The topological polar surface area (TPSA) is 91.7 Å². The summed E-state index contributed by atoms with van der Waals surface area (Å²) in [5.41, 5.74) is 2.37. The van der Waals surface area contributed by atoms with Gasteiger partial charge in [0.15, 0.2) is 0 Å². The Morgan fingerprint density at radius 1 is 1.34 bits per heavy atom. The second kappa shape index (κ2) is 9.43. The quantitative estimate of drug-likeness (QED) is 0.779. The van der Waals surface area contributed by atoms with Crippen molar-refractivity contribution < 1.29 is 19.1 Å². The van der Waals surface area contributed by atoms with Crippen LogP contribution in [0.5, 0.6) is 5.75 Å². The van der Waals surface area contributed by atoms with Gasteiger partial charge in [-0.15, -0.1) is 11.3 Å². The number of hydrogen-bond donors (Lipinski definition) is 1. The van der Waals surface area contributed by atoms with Crippen molar-refractivity contribution in [3.8, 4) is 11.8 Å². The van der Waals surface area contributed by atoms with Crippen molar-refractivity contribution in [1.29, 1.82) is 5.26 Å². The Kier molecular flexibility index (Phi) is 6.73. The lowest BCUT2D eigenvalue weighted by atomic mass is 10.0. The Labute approximate surface area is 173 Å². The maximum atomic E-state index is 12.5. The number of nitrogens with one attached hydrogen (secondary N) is 1. The number of hydrogen-bond acceptors (Lipinski definition) is 6. The molecule has 1 N–H and O–H groups in total. The first-order valence-corrected chi connectivity index (χ1v) is 10.3. The van der Waals surface area contributed by atoms with Gasteiger partial charge in [0, 0.05) is 17.8 Å². The summed E-state index contributed by atoms with van der Waals surface area (Å²) in [4.78, 5) is 27.0. The van der Waals surface area contributed by atoms with Gasteiger partial charge in [-0.05, 0) is 37.0 Å². The molecule has 29 heavy (non-hydrogen) atoms. The third-order valence-corrected chi connectivity index (χ3v) is 5.89. The fourth-order valence-corrected chi connectivity index (χ4v) is 4.56. The first kappa shape index (κ1) is 20.7. The van der Waals surface area contributed by atoms with Gasteiger partial charge in [-0.2, -0.15) is 5.26 Å². The van der Waals surface area contributed by atoms with Crippen LogP contribution < -0.4 is 10.1 Å². The van der Waals surface area contributed by atoms with Gasteiger partial charge >= 0.3 is 6.09 Å². The summed E-state index contributed by atoms with van der Waals surface area (Å²) in [7, 11) is 1.61. The fraction of sp³-hybridized carbons (Fsp3) is 0.381. The molecule has 0 saturated heterocycles. The normalized spacial score (nSPS) is 12.7. The number of para-hydroxylation sites is 1. The predicted octanol–water partition coefficient (Wildman–Crippen LogP) is 3.71. The number of amides is 2. The number of rotatable bonds is 6. The highest BCUT2D eigenvalue weighted by molar-refractivity contribution is 7.16. The molecule has 0 bridgehead atoms. The highest BCUT2D eigenvalue weighted by Crippen LogP contribution is 2.37. The van der Waals surface area contributed by atoms with E-state index in [0.717, 1.165) is 21.8 Å². The zero-order valence-electron chi connectivity index (χ0n) is 16.5. The molecule has 0 aliphatic carbocycles. The van der Waals surface area contributed by atoms with Crippen LogP contribution in [0.15, 0.2) is 24.3 Å². The molecule has 1 aromatic carbocycles. The number of methoxy groups -OCH3 is 1. The van der Waals surface area contributed by atoms with E-state index in [0.29, 0.717) is 43.1 Å². The Morgan fingerprint density at radius 3 is 2.86 bits per heavy atom. The maximum absolute atomic E-state index is 12.5. The van der Waals surface area contributed by atoms with Crippen molar-refractivity contribution in [3.63, 3.8) is 0 Å². The van der Waals surface area contributed by atoms with Crippen LogP contribution in [0.25, 0.3) is 0 Å². The SMILES string of the molecule is CCOC(=O)N1CCc2c(sc(NC(=O)CCc3ccccc3OC)c2C#N)C1. The zero-order chi connectivity index (χ0) is 20.8. The summed E-state index contributed by atoms with van der Waals surface area (Å²) in [6.45, 7) is 2.98. The van der Waals surface area contributed by atoms with Crippen LogP contribution in [0.3, 0.4) is 0 Å². The molecule has 2 amide bonds. The van der Waals surface area contributed by atoms with Crippen LogP contribution in [0.1, 0.15) is 34.9 Å². The van der Waals surface area contributed by atoms with Gasteiger partial charge in [-0.1, -0.05) is 18.2 Å². The molecule has 7 nitrogen and oxygen atoms in total. The number of aryl methyl sites for hydroxylation is 1. The molecule has 3 rings (SSSR count). The van der Waals surface area contributed by atoms with Crippen LogP contribution in [-0.2, 0) is 28.9 Å². The first-order valence-electron chi connectivity index (χ1n) is 9.45. The number of nitrogens with zero attached hydrogens (tertiary/aromatic N) is 2. The van der Waals surface area contributed by atoms with Crippen LogP contribution in [-0.4, -0.2) is 37.2 Å².